The van der Waals surface area contributed by atoms with Crippen molar-refractivity contribution < 1.29 is 14.7 Å². The number of rotatable bonds is 5. The number of piperazine rings is 1. The van der Waals surface area contributed by atoms with Crippen molar-refractivity contribution in [1.82, 2.24) is 4.90 Å². The highest BCUT2D eigenvalue weighted by atomic mass is 32.2. The second kappa shape index (κ2) is 7.99. The molecule has 0 bridgehead atoms. The minimum atomic E-state index is -1.05. The first kappa shape index (κ1) is 17.3. The number of nitrogens with zero attached hydrogens (tertiary/aromatic N) is 3. The molecule has 1 saturated heterocycles. The zero-order chi connectivity index (χ0) is 16.8. The lowest BCUT2D eigenvalue weighted by atomic mass is 10.1. The molecule has 0 spiro atoms. The van der Waals surface area contributed by atoms with Crippen LogP contribution >= 0.6 is 11.8 Å². The predicted molar refractivity (Wildman–Crippen MR) is 89.1 cm³/mol. The van der Waals surface area contributed by atoms with E-state index in [9.17, 15) is 14.7 Å². The largest absolute Gasteiger partial charge is 0.383 e. The second-order valence-corrected chi connectivity index (χ2v) is 6.25. The lowest BCUT2D eigenvalue weighted by molar-refractivity contribution is -0.144. The van der Waals surface area contributed by atoms with E-state index < -0.39 is 12.0 Å². The Bertz CT molecular complexity index is 629. The van der Waals surface area contributed by atoms with Crippen molar-refractivity contribution in [2.45, 2.75) is 12.5 Å². The van der Waals surface area contributed by atoms with Crippen molar-refractivity contribution in [2.24, 2.45) is 0 Å². The molecular formula is C16H19N3O3S. The molecule has 0 saturated carbocycles. The van der Waals surface area contributed by atoms with Crippen LogP contribution in [0.25, 0.3) is 0 Å². The zero-order valence-corrected chi connectivity index (χ0v) is 13.8. The van der Waals surface area contributed by atoms with Gasteiger partial charge in [0.2, 0.25) is 5.91 Å². The van der Waals surface area contributed by atoms with E-state index in [1.807, 2.05) is 12.3 Å². The Hall–Kier alpha value is -2.04. The summed E-state index contributed by atoms with van der Waals surface area (Å²) in [6, 6.07) is 8.87. The van der Waals surface area contributed by atoms with Crippen LogP contribution in [0.2, 0.25) is 0 Å². The molecule has 122 valence electrons. The predicted octanol–water partition coefficient (Wildman–Crippen LogP) is 0.847. The first-order valence-corrected chi connectivity index (χ1v) is 8.72. The standard InChI is InChI=1S/C16H19N3O3S/c1-23-8-5-14(20)16(22)18-6-7-19(15(21)11-18)13-4-2-3-12(9-13)10-17/h2-4,9,14,20H,5-8,11H2,1H3/t14-/m1/s1. The quantitative estimate of drug-likeness (QED) is 0.863. The summed E-state index contributed by atoms with van der Waals surface area (Å²) >= 11 is 1.56. The van der Waals surface area contributed by atoms with Crippen LogP contribution in [0, 0.1) is 11.3 Å². The third kappa shape index (κ3) is 4.24. The summed E-state index contributed by atoms with van der Waals surface area (Å²) in [6.07, 6.45) is 1.25. The van der Waals surface area contributed by atoms with Crippen LogP contribution in [-0.4, -0.2) is 59.6 Å². The van der Waals surface area contributed by atoms with E-state index in [0.29, 0.717) is 36.5 Å². The van der Waals surface area contributed by atoms with Gasteiger partial charge in [0.15, 0.2) is 0 Å². The number of hydrogen-bond donors (Lipinski definition) is 1. The van der Waals surface area contributed by atoms with Crippen LogP contribution in [0.3, 0.4) is 0 Å². The zero-order valence-electron chi connectivity index (χ0n) is 12.9. The molecule has 2 amide bonds. The summed E-state index contributed by atoms with van der Waals surface area (Å²) in [5.74, 6) is 0.0940. The van der Waals surface area contributed by atoms with Crippen LogP contribution < -0.4 is 4.90 Å². The van der Waals surface area contributed by atoms with Gasteiger partial charge >= 0.3 is 0 Å². The van der Waals surface area contributed by atoms with E-state index in [1.165, 1.54) is 4.90 Å². The summed E-state index contributed by atoms with van der Waals surface area (Å²) < 4.78 is 0. The SMILES string of the molecule is CSCC[C@@H](O)C(=O)N1CCN(c2cccc(C#N)c2)C(=O)C1. The molecule has 1 aliphatic rings. The Labute approximate surface area is 139 Å². The fourth-order valence-electron chi connectivity index (χ4n) is 2.44. The summed E-state index contributed by atoms with van der Waals surface area (Å²) in [7, 11) is 0. The smallest absolute Gasteiger partial charge is 0.251 e. The Kier molecular flexibility index (Phi) is 6.02. The van der Waals surface area contributed by atoms with Gasteiger partial charge in [0, 0.05) is 18.8 Å². The van der Waals surface area contributed by atoms with E-state index in [-0.39, 0.29) is 12.5 Å². The molecule has 2 rings (SSSR count). The van der Waals surface area contributed by atoms with Gasteiger partial charge in [-0.05, 0) is 36.6 Å². The number of benzene rings is 1. The molecule has 1 fully saturated rings. The maximum absolute atomic E-state index is 12.3. The molecular weight excluding hydrogens is 314 g/mol. The van der Waals surface area contributed by atoms with Crippen LogP contribution in [-0.2, 0) is 9.59 Å². The maximum atomic E-state index is 12.3. The second-order valence-electron chi connectivity index (χ2n) is 5.26. The van der Waals surface area contributed by atoms with Gasteiger partial charge in [-0.1, -0.05) is 6.07 Å². The molecule has 1 N–H and O–H groups in total. The van der Waals surface area contributed by atoms with E-state index in [1.54, 1.807) is 40.9 Å². The minimum absolute atomic E-state index is 0.0497. The highest BCUT2D eigenvalue weighted by Gasteiger charge is 2.30. The molecule has 1 aromatic rings. The molecule has 0 radical (unpaired) electrons. The van der Waals surface area contributed by atoms with Crippen molar-refractivity contribution in [1.29, 1.82) is 5.26 Å². The molecule has 0 unspecified atom stereocenters. The molecule has 1 aromatic carbocycles. The van der Waals surface area contributed by atoms with Gasteiger partial charge in [0.25, 0.3) is 5.91 Å². The lowest BCUT2D eigenvalue weighted by Gasteiger charge is -2.35. The van der Waals surface area contributed by atoms with Crippen molar-refractivity contribution in [3.63, 3.8) is 0 Å². The number of hydrogen-bond acceptors (Lipinski definition) is 5. The summed E-state index contributed by atoms with van der Waals surface area (Å²) in [6.45, 7) is 0.679. The number of aliphatic hydroxyl groups is 1. The topological polar surface area (TPSA) is 84.6 Å². The molecule has 0 aromatic heterocycles. The number of nitriles is 1. The third-order valence-corrected chi connectivity index (χ3v) is 4.34. The maximum Gasteiger partial charge on any atom is 0.251 e. The van der Waals surface area contributed by atoms with Crippen molar-refractivity contribution in [2.75, 3.05) is 36.5 Å². The van der Waals surface area contributed by atoms with Crippen molar-refractivity contribution in [3.8, 4) is 6.07 Å². The Morgan fingerprint density at radius 2 is 2.26 bits per heavy atom. The molecule has 7 heteroatoms. The van der Waals surface area contributed by atoms with Gasteiger partial charge in [-0.3, -0.25) is 9.59 Å². The van der Waals surface area contributed by atoms with Crippen LogP contribution in [0.5, 0.6) is 0 Å². The summed E-state index contributed by atoms with van der Waals surface area (Å²) in [4.78, 5) is 27.4. The number of carbonyl (C=O) groups excluding carboxylic acids is 2. The van der Waals surface area contributed by atoms with Crippen molar-refractivity contribution in [3.05, 3.63) is 29.8 Å². The first-order valence-electron chi connectivity index (χ1n) is 7.33. The number of amides is 2. The first-order chi connectivity index (χ1) is 11.1. The number of aliphatic hydroxyl groups excluding tert-OH is 1. The Balaban J connectivity index is 2.01. The molecule has 1 aliphatic heterocycles. The summed E-state index contributed by atoms with van der Waals surface area (Å²) in [5.41, 5.74) is 1.14. The molecule has 23 heavy (non-hydrogen) atoms. The highest BCUT2D eigenvalue weighted by Crippen LogP contribution is 2.19. The van der Waals surface area contributed by atoms with Crippen molar-refractivity contribution >= 4 is 29.3 Å². The van der Waals surface area contributed by atoms with Crippen LogP contribution in [0.1, 0.15) is 12.0 Å². The number of carbonyl (C=O) groups is 2. The van der Waals surface area contributed by atoms with E-state index in [2.05, 4.69) is 0 Å². The molecule has 1 atom stereocenters. The monoisotopic (exact) mass is 333 g/mol. The van der Waals surface area contributed by atoms with E-state index in [4.69, 9.17) is 5.26 Å². The highest BCUT2D eigenvalue weighted by molar-refractivity contribution is 7.98. The summed E-state index contributed by atoms with van der Waals surface area (Å²) in [5, 5.41) is 18.8. The Morgan fingerprint density at radius 1 is 1.48 bits per heavy atom. The van der Waals surface area contributed by atoms with Gasteiger partial charge in [0.05, 0.1) is 11.6 Å². The number of thioether (sulfide) groups is 1. The average molecular weight is 333 g/mol. The van der Waals surface area contributed by atoms with Gasteiger partial charge in [-0.15, -0.1) is 0 Å². The van der Waals surface area contributed by atoms with Gasteiger partial charge in [0.1, 0.15) is 12.6 Å². The van der Waals surface area contributed by atoms with Gasteiger partial charge in [-0.25, -0.2) is 0 Å². The van der Waals surface area contributed by atoms with E-state index >= 15 is 0 Å². The normalized spacial score (nSPS) is 16.1. The van der Waals surface area contributed by atoms with Gasteiger partial charge < -0.3 is 14.9 Å². The molecule has 6 nitrogen and oxygen atoms in total. The van der Waals surface area contributed by atoms with E-state index in [0.717, 1.165) is 0 Å². The lowest BCUT2D eigenvalue weighted by Crippen LogP contribution is -2.54. The van der Waals surface area contributed by atoms with Crippen LogP contribution in [0.4, 0.5) is 5.69 Å². The fraction of sp³-hybridized carbons (Fsp3) is 0.438. The minimum Gasteiger partial charge on any atom is -0.383 e. The number of anilines is 1. The third-order valence-electron chi connectivity index (χ3n) is 3.70. The van der Waals surface area contributed by atoms with Gasteiger partial charge in [-0.2, -0.15) is 17.0 Å². The molecule has 0 aliphatic carbocycles. The molecule has 1 heterocycles. The average Bonchev–Trinajstić information content (AvgIpc) is 2.58. The Morgan fingerprint density at radius 3 is 2.91 bits per heavy atom. The fourth-order valence-corrected chi connectivity index (χ4v) is 2.90. The van der Waals surface area contributed by atoms with Crippen LogP contribution in [0.15, 0.2) is 24.3 Å².